The molecule has 2 atom stereocenters. The van der Waals surface area contributed by atoms with E-state index in [1.165, 1.54) is 5.57 Å². The Labute approximate surface area is 150 Å². The molecule has 1 fully saturated rings. The highest BCUT2D eigenvalue weighted by Crippen LogP contribution is 2.60. The first kappa shape index (κ1) is 17.5. The number of esters is 1. The first-order valence-corrected chi connectivity index (χ1v) is 8.86. The molecular formula is C23H26O2. The summed E-state index contributed by atoms with van der Waals surface area (Å²) in [4.78, 5) is 12.9. The van der Waals surface area contributed by atoms with Crippen molar-refractivity contribution in [1.29, 1.82) is 0 Å². The molecule has 25 heavy (non-hydrogen) atoms. The number of hydrogen-bond acceptors (Lipinski definition) is 2. The van der Waals surface area contributed by atoms with Gasteiger partial charge >= 0.3 is 5.97 Å². The van der Waals surface area contributed by atoms with Crippen molar-refractivity contribution >= 4 is 5.97 Å². The maximum Gasteiger partial charge on any atom is 0.311 e. The van der Waals surface area contributed by atoms with E-state index in [9.17, 15) is 4.79 Å². The van der Waals surface area contributed by atoms with Crippen molar-refractivity contribution in [3.8, 4) is 0 Å². The molecule has 130 valence electrons. The van der Waals surface area contributed by atoms with E-state index in [1.807, 2.05) is 60.7 Å². The zero-order valence-corrected chi connectivity index (χ0v) is 15.4. The predicted octanol–water partition coefficient (Wildman–Crippen LogP) is 5.56. The number of rotatable bonds is 5. The lowest BCUT2D eigenvalue weighted by Crippen LogP contribution is -2.16. The third-order valence-corrected chi connectivity index (χ3v) is 5.12. The first-order valence-electron chi connectivity index (χ1n) is 8.86. The summed E-state index contributed by atoms with van der Waals surface area (Å²) in [6, 6.07) is 19.9. The molecule has 0 spiro atoms. The highest BCUT2D eigenvalue weighted by atomic mass is 16.5. The number of benzene rings is 2. The monoisotopic (exact) mass is 334 g/mol. The first-order chi connectivity index (χ1) is 11.9. The fraction of sp³-hybridized carbons (Fsp3) is 0.348. The average molecular weight is 334 g/mol. The van der Waals surface area contributed by atoms with E-state index < -0.39 is 0 Å². The van der Waals surface area contributed by atoms with Gasteiger partial charge in [-0.25, -0.2) is 0 Å². The molecule has 2 nitrogen and oxygen atoms in total. The van der Waals surface area contributed by atoms with Gasteiger partial charge in [0, 0.05) is 0 Å². The van der Waals surface area contributed by atoms with Crippen molar-refractivity contribution in [2.75, 3.05) is 0 Å². The molecule has 2 heteroatoms. The second-order valence-corrected chi connectivity index (χ2v) is 7.71. The Bertz CT molecular complexity index is 716. The summed E-state index contributed by atoms with van der Waals surface area (Å²) in [6.07, 6.45) is 1.84. The quantitative estimate of drug-likeness (QED) is 0.529. The Hall–Kier alpha value is -2.35. The Morgan fingerprint density at radius 1 is 0.960 bits per heavy atom. The number of carbonyl (C=O) groups excluding carboxylic acids is 1. The summed E-state index contributed by atoms with van der Waals surface area (Å²) in [7, 11) is 0. The average Bonchev–Trinajstić information content (AvgIpc) is 3.13. The highest BCUT2D eigenvalue weighted by Gasteiger charge is 2.61. The molecule has 0 bridgehead atoms. The van der Waals surface area contributed by atoms with Gasteiger partial charge < -0.3 is 4.74 Å². The molecule has 1 aliphatic rings. The van der Waals surface area contributed by atoms with Crippen molar-refractivity contribution in [3.63, 3.8) is 0 Å². The van der Waals surface area contributed by atoms with Crippen molar-refractivity contribution in [3.05, 3.63) is 83.4 Å². The van der Waals surface area contributed by atoms with Crippen LogP contribution in [0.2, 0.25) is 0 Å². The van der Waals surface area contributed by atoms with E-state index in [0.717, 1.165) is 11.1 Å². The Morgan fingerprint density at radius 2 is 1.44 bits per heavy atom. The molecule has 0 saturated heterocycles. The standard InChI is InChI=1S/C23H26O2/c1-16(2)15-19-20(23(19,3)4)22(24)25-21(17-11-7-5-8-12-17)18-13-9-6-10-14-18/h5-15,19-21H,1-4H3. The Balaban J connectivity index is 1.84. The molecule has 0 amide bonds. The van der Waals surface area contributed by atoms with Gasteiger partial charge in [0.2, 0.25) is 0 Å². The van der Waals surface area contributed by atoms with E-state index in [2.05, 4.69) is 33.8 Å². The minimum absolute atomic E-state index is 0.0354. The van der Waals surface area contributed by atoms with Crippen LogP contribution in [-0.4, -0.2) is 5.97 Å². The molecule has 0 N–H and O–H groups in total. The van der Waals surface area contributed by atoms with Crippen LogP contribution in [0, 0.1) is 17.3 Å². The summed E-state index contributed by atoms with van der Waals surface area (Å²) in [5.41, 5.74) is 3.21. The van der Waals surface area contributed by atoms with Gasteiger partial charge in [0.05, 0.1) is 5.92 Å². The Morgan fingerprint density at radius 3 is 1.88 bits per heavy atom. The second-order valence-electron chi connectivity index (χ2n) is 7.71. The topological polar surface area (TPSA) is 26.3 Å². The van der Waals surface area contributed by atoms with Gasteiger partial charge in [0.15, 0.2) is 6.10 Å². The SMILES string of the molecule is CC(C)=CC1C(C(=O)OC(c2ccccc2)c2ccccc2)C1(C)C. The smallest absolute Gasteiger partial charge is 0.311 e. The molecule has 1 aliphatic carbocycles. The molecular weight excluding hydrogens is 308 g/mol. The van der Waals surface area contributed by atoms with Crippen molar-refractivity contribution < 1.29 is 9.53 Å². The number of hydrogen-bond donors (Lipinski definition) is 0. The van der Waals surface area contributed by atoms with Crippen molar-refractivity contribution in [2.45, 2.75) is 33.8 Å². The number of ether oxygens (including phenoxy) is 1. The van der Waals surface area contributed by atoms with Gasteiger partial charge in [-0.05, 0) is 36.3 Å². The van der Waals surface area contributed by atoms with E-state index in [0.29, 0.717) is 0 Å². The van der Waals surface area contributed by atoms with Gasteiger partial charge in [-0.3, -0.25) is 4.79 Å². The molecule has 0 heterocycles. The van der Waals surface area contributed by atoms with Gasteiger partial charge in [-0.15, -0.1) is 0 Å². The largest absolute Gasteiger partial charge is 0.452 e. The minimum atomic E-state index is -0.362. The van der Waals surface area contributed by atoms with E-state index in [-0.39, 0.29) is 29.3 Å². The highest BCUT2D eigenvalue weighted by molar-refractivity contribution is 5.79. The summed E-state index contributed by atoms with van der Waals surface area (Å²) < 4.78 is 6.03. The zero-order chi connectivity index (χ0) is 18.0. The summed E-state index contributed by atoms with van der Waals surface area (Å²) >= 11 is 0. The molecule has 2 aromatic carbocycles. The van der Waals surface area contributed by atoms with Gasteiger partial charge in [-0.2, -0.15) is 0 Å². The fourth-order valence-corrected chi connectivity index (χ4v) is 3.57. The lowest BCUT2D eigenvalue weighted by Gasteiger charge is -2.19. The van der Waals surface area contributed by atoms with Crippen LogP contribution in [-0.2, 0) is 9.53 Å². The van der Waals surface area contributed by atoms with Crippen LogP contribution in [0.1, 0.15) is 44.9 Å². The molecule has 0 aliphatic heterocycles. The van der Waals surface area contributed by atoms with Crippen LogP contribution >= 0.6 is 0 Å². The number of allylic oxidation sites excluding steroid dienone is 2. The normalized spacial score (nSPS) is 20.8. The summed E-state index contributed by atoms with van der Waals surface area (Å²) in [5, 5.41) is 0. The van der Waals surface area contributed by atoms with Crippen LogP contribution in [0.3, 0.4) is 0 Å². The molecule has 3 rings (SSSR count). The maximum atomic E-state index is 12.9. The van der Waals surface area contributed by atoms with Gasteiger partial charge in [0.25, 0.3) is 0 Å². The van der Waals surface area contributed by atoms with Crippen molar-refractivity contribution in [1.82, 2.24) is 0 Å². The van der Waals surface area contributed by atoms with Crippen LogP contribution in [0.5, 0.6) is 0 Å². The second kappa shape index (κ2) is 6.87. The van der Waals surface area contributed by atoms with Gasteiger partial charge in [-0.1, -0.05) is 86.2 Å². The molecule has 1 saturated carbocycles. The molecule has 0 aromatic heterocycles. The Kier molecular flexibility index (Phi) is 4.80. The maximum absolute atomic E-state index is 12.9. The van der Waals surface area contributed by atoms with Gasteiger partial charge in [0.1, 0.15) is 0 Å². The number of carbonyl (C=O) groups is 1. The lowest BCUT2D eigenvalue weighted by atomic mass is 10.0. The molecule has 2 unspecified atom stereocenters. The van der Waals surface area contributed by atoms with Crippen LogP contribution < -0.4 is 0 Å². The predicted molar refractivity (Wildman–Crippen MR) is 101 cm³/mol. The van der Waals surface area contributed by atoms with Crippen LogP contribution in [0.15, 0.2) is 72.3 Å². The van der Waals surface area contributed by atoms with Crippen LogP contribution in [0.25, 0.3) is 0 Å². The van der Waals surface area contributed by atoms with Crippen LogP contribution in [0.4, 0.5) is 0 Å². The van der Waals surface area contributed by atoms with E-state index in [4.69, 9.17) is 4.74 Å². The minimum Gasteiger partial charge on any atom is -0.452 e. The lowest BCUT2D eigenvalue weighted by molar-refractivity contribution is -0.150. The molecule has 2 aromatic rings. The fourth-order valence-electron chi connectivity index (χ4n) is 3.57. The molecule has 0 radical (unpaired) electrons. The van der Waals surface area contributed by atoms with Crippen molar-refractivity contribution in [2.24, 2.45) is 17.3 Å². The zero-order valence-electron chi connectivity index (χ0n) is 15.4. The summed E-state index contributed by atoms with van der Waals surface area (Å²) in [5.74, 6) is 0.0831. The van der Waals surface area contributed by atoms with E-state index in [1.54, 1.807) is 0 Å². The van der Waals surface area contributed by atoms with E-state index >= 15 is 0 Å². The summed E-state index contributed by atoms with van der Waals surface area (Å²) in [6.45, 7) is 8.44. The third kappa shape index (κ3) is 3.68. The third-order valence-electron chi connectivity index (χ3n) is 5.12.